The molecule has 132 valence electrons. The molecule has 3 aromatic rings. The number of ketones is 1. The van der Waals surface area contributed by atoms with Crippen LogP contribution in [0.5, 0.6) is 0 Å². The first-order valence-electron chi connectivity index (χ1n) is 9.13. The lowest BCUT2D eigenvalue weighted by Gasteiger charge is -2.29. The van der Waals surface area contributed by atoms with Crippen molar-refractivity contribution in [2.75, 3.05) is 0 Å². The molecule has 0 saturated heterocycles. The maximum atomic E-state index is 12.9. The van der Waals surface area contributed by atoms with E-state index in [1.54, 1.807) is 6.92 Å². The van der Waals surface area contributed by atoms with Gasteiger partial charge in [0.1, 0.15) is 5.78 Å². The van der Waals surface area contributed by atoms with Gasteiger partial charge >= 0.3 is 0 Å². The molecule has 3 nitrogen and oxygen atoms in total. The molecule has 0 aliphatic heterocycles. The Morgan fingerprint density at radius 2 is 1.77 bits per heavy atom. The second-order valence-corrected chi connectivity index (χ2v) is 7.60. The molecule has 0 spiro atoms. The summed E-state index contributed by atoms with van der Waals surface area (Å²) in [4.78, 5) is 12.9. The van der Waals surface area contributed by atoms with Gasteiger partial charge in [0, 0.05) is 12.1 Å². The third-order valence-electron chi connectivity index (χ3n) is 5.99. The fourth-order valence-corrected chi connectivity index (χ4v) is 4.22. The van der Waals surface area contributed by atoms with Gasteiger partial charge in [-0.15, -0.1) is 0 Å². The van der Waals surface area contributed by atoms with Gasteiger partial charge in [0.05, 0.1) is 17.3 Å². The smallest absolute Gasteiger partial charge is 0.141 e. The van der Waals surface area contributed by atoms with Gasteiger partial charge in [-0.3, -0.25) is 4.79 Å². The molecule has 1 aliphatic rings. The first kappa shape index (κ1) is 16.8. The van der Waals surface area contributed by atoms with E-state index >= 15 is 0 Å². The molecule has 0 saturated carbocycles. The molecule has 0 radical (unpaired) electrons. The second kappa shape index (κ2) is 5.94. The van der Waals surface area contributed by atoms with Crippen LogP contribution in [0.3, 0.4) is 0 Å². The van der Waals surface area contributed by atoms with Crippen molar-refractivity contribution in [1.82, 2.24) is 9.78 Å². The third kappa shape index (κ3) is 2.42. The van der Waals surface area contributed by atoms with E-state index in [2.05, 4.69) is 68.3 Å². The Morgan fingerprint density at radius 1 is 1.04 bits per heavy atom. The highest BCUT2D eigenvalue weighted by Gasteiger charge is 2.45. The molecule has 0 unspecified atom stereocenters. The molecule has 0 fully saturated rings. The van der Waals surface area contributed by atoms with Crippen molar-refractivity contribution in [3.05, 3.63) is 82.2 Å². The third-order valence-corrected chi connectivity index (χ3v) is 5.99. The quantitative estimate of drug-likeness (QED) is 0.705. The van der Waals surface area contributed by atoms with Crippen molar-refractivity contribution in [2.24, 2.45) is 0 Å². The summed E-state index contributed by atoms with van der Waals surface area (Å²) >= 11 is 0. The summed E-state index contributed by atoms with van der Waals surface area (Å²) in [6.45, 7) is 8.06. The predicted molar refractivity (Wildman–Crippen MR) is 104 cm³/mol. The number of rotatable bonds is 3. The molecular weight excluding hydrogens is 320 g/mol. The molecule has 0 N–H and O–H groups in total. The van der Waals surface area contributed by atoms with Crippen LogP contribution in [0.4, 0.5) is 0 Å². The SMILES string of the molecule is CC(=O)[C@@]1(c2cccc(C)c2C)Cc2cnn(-c3ccc(C)cc3)c2C1. The van der Waals surface area contributed by atoms with Crippen LogP contribution >= 0.6 is 0 Å². The fraction of sp³-hybridized carbons (Fsp3) is 0.304. The zero-order chi connectivity index (χ0) is 18.5. The number of aromatic nitrogens is 2. The van der Waals surface area contributed by atoms with Crippen molar-refractivity contribution in [1.29, 1.82) is 0 Å². The second-order valence-electron chi connectivity index (χ2n) is 7.60. The van der Waals surface area contributed by atoms with Crippen molar-refractivity contribution in [3.8, 4) is 5.69 Å². The van der Waals surface area contributed by atoms with Crippen LogP contribution in [0.2, 0.25) is 0 Å². The maximum Gasteiger partial charge on any atom is 0.141 e. The highest BCUT2D eigenvalue weighted by atomic mass is 16.1. The molecule has 2 aromatic carbocycles. The van der Waals surface area contributed by atoms with Gasteiger partial charge in [0.2, 0.25) is 0 Å². The monoisotopic (exact) mass is 344 g/mol. The molecule has 26 heavy (non-hydrogen) atoms. The van der Waals surface area contributed by atoms with E-state index < -0.39 is 5.41 Å². The lowest BCUT2D eigenvalue weighted by molar-refractivity contribution is -0.122. The predicted octanol–water partition coefficient (Wildman–Crippen LogP) is 4.42. The number of hydrogen-bond acceptors (Lipinski definition) is 2. The Hall–Kier alpha value is -2.68. The zero-order valence-electron chi connectivity index (χ0n) is 15.8. The topological polar surface area (TPSA) is 34.9 Å². The Morgan fingerprint density at radius 3 is 2.46 bits per heavy atom. The maximum absolute atomic E-state index is 12.9. The van der Waals surface area contributed by atoms with Gasteiger partial charge in [0.25, 0.3) is 0 Å². The van der Waals surface area contributed by atoms with Crippen molar-refractivity contribution < 1.29 is 4.79 Å². The van der Waals surface area contributed by atoms with Gasteiger partial charge in [-0.2, -0.15) is 5.10 Å². The number of aryl methyl sites for hydroxylation is 2. The molecule has 1 aromatic heterocycles. The summed E-state index contributed by atoms with van der Waals surface area (Å²) in [5.74, 6) is 0.234. The fourth-order valence-electron chi connectivity index (χ4n) is 4.22. The number of carbonyl (C=O) groups excluding carboxylic acids is 1. The van der Waals surface area contributed by atoms with Crippen LogP contribution in [0.1, 0.15) is 40.4 Å². The van der Waals surface area contributed by atoms with E-state index in [1.807, 2.05) is 10.9 Å². The Bertz CT molecular complexity index is 998. The van der Waals surface area contributed by atoms with Crippen LogP contribution in [-0.4, -0.2) is 15.6 Å². The molecule has 0 bridgehead atoms. The summed E-state index contributed by atoms with van der Waals surface area (Å²) in [6.07, 6.45) is 3.37. The van der Waals surface area contributed by atoms with Crippen molar-refractivity contribution in [3.63, 3.8) is 0 Å². The van der Waals surface area contributed by atoms with E-state index in [4.69, 9.17) is 0 Å². The van der Waals surface area contributed by atoms with Crippen LogP contribution < -0.4 is 0 Å². The number of Topliss-reactive ketones (excluding diaryl/α,β-unsaturated/α-hetero) is 1. The minimum absolute atomic E-state index is 0.234. The molecule has 1 heterocycles. The standard InChI is InChI=1S/C23H24N2O/c1-15-8-10-20(11-9-15)25-22-13-23(18(4)26,12-19(22)14-24-25)21-7-5-6-16(2)17(21)3/h5-11,14H,12-13H2,1-4H3/t23-/m1/s1. The lowest BCUT2D eigenvalue weighted by Crippen LogP contribution is -2.36. The summed E-state index contributed by atoms with van der Waals surface area (Å²) in [7, 11) is 0. The van der Waals surface area contributed by atoms with E-state index in [-0.39, 0.29) is 5.78 Å². The summed E-state index contributed by atoms with van der Waals surface area (Å²) < 4.78 is 2.00. The van der Waals surface area contributed by atoms with E-state index in [1.165, 1.54) is 22.3 Å². The number of hydrogen-bond donors (Lipinski definition) is 0. The molecule has 1 atom stereocenters. The Kier molecular flexibility index (Phi) is 3.83. The normalized spacial score (nSPS) is 18.8. The van der Waals surface area contributed by atoms with Crippen LogP contribution in [0, 0.1) is 20.8 Å². The largest absolute Gasteiger partial charge is 0.299 e. The minimum atomic E-state index is -0.476. The van der Waals surface area contributed by atoms with Crippen LogP contribution in [0.25, 0.3) is 5.69 Å². The molecule has 3 heteroatoms. The molecular formula is C23H24N2O. The Labute approximate surface area is 154 Å². The van der Waals surface area contributed by atoms with Crippen molar-refractivity contribution >= 4 is 5.78 Å². The Balaban J connectivity index is 1.82. The van der Waals surface area contributed by atoms with E-state index in [0.29, 0.717) is 6.42 Å². The minimum Gasteiger partial charge on any atom is -0.299 e. The average molecular weight is 344 g/mol. The van der Waals surface area contributed by atoms with Crippen LogP contribution in [-0.2, 0) is 23.1 Å². The van der Waals surface area contributed by atoms with Crippen molar-refractivity contribution in [2.45, 2.75) is 46.0 Å². The highest BCUT2D eigenvalue weighted by Crippen LogP contribution is 2.43. The zero-order valence-corrected chi connectivity index (χ0v) is 15.8. The van der Waals surface area contributed by atoms with Gasteiger partial charge < -0.3 is 0 Å². The van der Waals surface area contributed by atoms with Crippen LogP contribution in [0.15, 0.2) is 48.7 Å². The number of fused-ring (bicyclic) bond motifs is 1. The number of benzene rings is 2. The number of nitrogens with zero attached hydrogens (tertiary/aromatic N) is 2. The first-order valence-corrected chi connectivity index (χ1v) is 9.13. The summed E-state index contributed by atoms with van der Waals surface area (Å²) in [6, 6.07) is 14.7. The highest BCUT2D eigenvalue weighted by molar-refractivity contribution is 5.90. The van der Waals surface area contributed by atoms with E-state index in [9.17, 15) is 4.79 Å². The first-order chi connectivity index (χ1) is 12.4. The summed E-state index contributed by atoms with van der Waals surface area (Å²) in [5, 5.41) is 4.60. The molecule has 4 rings (SSSR count). The van der Waals surface area contributed by atoms with Gasteiger partial charge in [-0.25, -0.2) is 4.68 Å². The number of carbonyl (C=O) groups is 1. The average Bonchev–Trinajstić information content (AvgIpc) is 3.17. The van der Waals surface area contributed by atoms with E-state index in [0.717, 1.165) is 23.4 Å². The molecule has 1 aliphatic carbocycles. The van der Waals surface area contributed by atoms with Gasteiger partial charge in [0.15, 0.2) is 0 Å². The summed E-state index contributed by atoms with van der Waals surface area (Å²) in [5.41, 5.74) is 7.77. The molecule has 0 amide bonds. The lowest BCUT2D eigenvalue weighted by atomic mass is 9.72. The van der Waals surface area contributed by atoms with Gasteiger partial charge in [-0.1, -0.05) is 35.9 Å². The van der Waals surface area contributed by atoms with Gasteiger partial charge in [-0.05, 0) is 68.5 Å².